The maximum atomic E-state index is 10.4. The third-order valence-corrected chi connectivity index (χ3v) is 4.68. The van der Waals surface area contributed by atoms with Crippen LogP contribution in [0.4, 0.5) is 0 Å². The largest absolute Gasteiger partial charge is 0.393 e. The molecule has 106 valence electrons. The third kappa shape index (κ3) is 4.07. The molecule has 1 fully saturated rings. The van der Waals surface area contributed by atoms with Crippen molar-refractivity contribution in [3.05, 3.63) is 35.9 Å². The zero-order chi connectivity index (χ0) is 13.7. The van der Waals surface area contributed by atoms with Crippen LogP contribution in [0, 0.1) is 11.8 Å². The van der Waals surface area contributed by atoms with Crippen LogP contribution in [-0.2, 0) is 0 Å². The fraction of sp³-hybridized carbons (Fsp3) is 0.667. The number of aliphatic hydroxyl groups excluding tert-OH is 1. The van der Waals surface area contributed by atoms with Crippen LogP contribution in [0.3, 0.4) is 0 Å². The minimum absolute atomic E-state index is 0.0907. The smallest absolute Gasteiger partial charge is 0.0577 e. The molecule has 0 aromatic heterocycles. The molecule has 0 heterocycles. The molecule has 0 amide bonds. The van der Waals surface area contributed by atoms with Crippen molar-refractivity contribution in [2.45, 2.75) is 64.4 Å². The van der Waals surface area contributed by atoms with Crippen LogP contribution in [-0.4, -0.2) is 11.2 Å². The first-order valence-electron chi connectivity index (χ1n) is 7.99. The molecular weight excluding hydrogens is 232 g/mol. The van der Waals surface area contributed by atoms with Crippen molar-refractivity contribution in [3.63, 3.8) is 0 Å². The van der Waals surface area contributed by atoms with Gasteiger partial charge in [0.25, 0.3) is 0 Å². The van der Waals surface area contributed by atoms with Gasteiger partial charge in [0.2, 0.25) is 0 Å². The van der Waals surface area contributed by atoms with Crippen molar-refractivity contribution in [1.82, 2.24) is 0 Å². The second kappa shape index (κ2) is 7.09. The molecule has 0 spiro atoms. The molecule has 4 unspecified atom stereocenters. The van der Waals surface area contributed by atoms with Gasteiger partial charge < -0.3 is 5.11 Å². The quantitative estimate of drug-likeness (QED) is 0.714. The van der Waals surface area contributed by atoms with Crippen LogP contribution >= 0.6 is 0 Å². The zero-order valence-corrected chi connectivity index (χ0v) is 12.4. The Morgan fingerprint density at radius 3 is 2.58 bits per heavy atom. The second-order valence-electron chi connectivity index (χ2n) is 6.14. The number of unbranched alkanes of at least 4 members (excludes halogenated alkanes) is 1. The Morgan fingerprint density at radius 1 is 1.21 bits per heavy atom. The van der Waals surface area contributed by atoms with Gasteiger partial charge in [0.1, 0.15) is 0 Å². The van der Waals surface area contributed by atoms with Gasteiger partial charge in [0, 0.05) is 0 Å². The molecule has 1 nitrogen and oxygen atoms in total. The molecule has 0 bridgehead atoms. The van der Waals surface area contributed by atoms with Crippen molar-refractivity contribution in [1.29, 1.82) is 0 Å². The standard InChI is InChI=1S/C18H28O/c1-3-5-9-14(4-2)12-18(19)17-13-16(17)15-10-7-6-8-11-15/h6-8,10-11,14,16-19H,3-5,9,12-13H2,1-2H3. The Balaban J connectivity index is 1.80. The van der Waals surface area contributed by atoms with Crippen LogP contribution in [0.1, 0.15) is 63.9 Å². The molecule has 1 aromatic rings. The van der Waals surface area contributed by atoms with Crippen molar-refractivity contribution >= 4 is 0 Å². The molecule has 1 N–H and O–H groups in total. The Kier molecular flexibility index (Phi) is 5.45. The van der Waals surface area contributed by atoms with Gasteiger partial charge in [0.15, 0.2) is 0 Å². The average molecular weight is 260 g/mol. The molecule has 0 saturated heterocycles. The first kappa shape index (κ1) is 14.6. The molecule has 1 saturated carbocycles. The van der Waals surface area contributed by atoms with Gasteiger partial charge in [-0.1, -0.05) is 69.9 Å². The maximum absolute atomic E-state index is 10.4. The van der Waals surface area contributed by atoms with Crippen molar-refractivity contribution in [3.8, 4) is 0 Å². The Morgan fingerprint density at radius 2 is 1.95 bits per heavy atom. The predicted molar refractivity (Wildman–Crippen MR) is 81.2 cm³/mol. The topological polar surface area (TPSA) is 20.2 Å². The van der Waals surface area contributed by atoms with Crippen LogP contribution < -0.4 is 0 Å². The fourth-order valence-corrected chi connectivity index (χ4v) is 3.22. The summed E-state index contributed by atoms with van der Waals surface area (Å²) in [6.07, 6.45) is 7.15. The van der Waals surface area contributed by atoms with Crippen LogP contribution in [0.15, 0.2) is 30.3 Å². The van der Waals surface area contributed by atoms with E-state index in [2.05, 4.69) is 44.2 Å². The molecular formula is C18H28O. The first-order valence-corrected chi connectivity index (χ1v) is 7.99. The minimum Gasteiger partial charge on any atom is -0.393 e. The van der Waals surface area contributed by atoms with E-state index in [1.54, 1.807) is 0 Å². The van der Waals surface area contributed by atoms with Crippen molar-refractivity contribution in [2.24, 2.45) is 11.8 Å². The van der Waals surface area contributed by atoms with E-state index in [9.17, 15) is 5.11 Å². The van der Waals surface area contributed by atoms with Crippen molar-refractivity contribution in [2.75, 3.05) is 0 Å². The maximum Gasteiger partial charge on any atom is 0.0577 e. The lowest BCUT2D eigenvalue weighted by Gasteiger charge is -2.19. The summed E-state index contributed by atoms with van der Waals surface area (Å²) in [5.41, 5.74) is 1.41. The van der Waals surface area contributed by atoms with E-state index in [-0.39, 0.29) is 6.10 Å². The Bertz CT molecular complexity index is 359. The molecule has 1 heteroatoms. The van der Waals surface area contributed by atoms with Crippen molar-refractivity contribution < 1.29 is 5.11 Å². The Hall–Kier alpha value is -0.820. The fourth-order valence-electron chi connectivity index (χ4n) is 3.22. The number of aliphatic hydroxyl groups is 1. The van der Waals surface area contributed by atoms with E-state index < -0.39 is 0 Å². The Labute approximate surface area is 118 Å². The molecule has 1 aromatic carbocycles. The number of hydrogen-bond donors (Lipinski definition) is 1. The van der Waals surface area contributed by atoms with Gasteiger partial charge in [-0.2, -0.15) is 0 Å². The van der Waals surface area contributed by atoms with E-state index in [4.69, 9.17) is 0 Å². The number of hydrogen-bond acceptors (Lipinski definition) is 1. The summed E-state index contributed by atoms with van der Waals surface area (Å²) in [4.78, 5) is 0. The summed E-state index contributed by atoms with van der Waals surface area (Å²) in [6, 6.07) is 10.7. The highest BCUT2D eigenvalue weighted by molar-refractivity contribution is 5.26. The molecule has 1 aliphatic carbocycles. The zero-order valence-electron chi connectivity index (χ0n) is 12.4. The van der Waals surface area contributed by atoms with E-state index in [0.717, 1.165) is 6.42 Å². The molecule has 0 radical (unpaired) electrons. The molecule has 19 heavy (non-hydrogen) atoms. The second-order valence-corrected chi connectivity index (χ2v) is 6.14. The molecule has 4 atom stereocenters. The molecule has 0 aliphatic heterocycles. The highest BCUT2D eigenvalue weighted by Crippen LogP contribution is 2.50. The van der Waals surface area contributed by atoms with Gasteiger partial charge in [-0.05, 0) is 36.2 Å². The van der Waals surface area contributed by atoms with Crippen LogP contribution in [0.5, 0.6) is 0 Å². The lowest BCUT2D eigenvalue weighted by Crippen LogP contribution is -2.16. The number of benzene rings is 1. The summed E-state index contributed by atoms with van der Waals surface area (Å²) < 4.78 is 0. The normalized spacial score (nSPS) is 25.0. The highest BCUT2D eigenvalue weighted by Gasteiger charge is 2.43. The summed E-state index contributed by atoms with van der Waals surface area (Å²) in [5, 5.41) is 10.4. The van der Waals surface area contributed by atoms with Gasteiger partial charge in [-0.15, -0.1) is 0 Å². The highest BCUT2D eigenvalue weighted by atomic mass is 16.3. The van der Waals surface area contributed by atoms with E-state index >= 15 is 0 Å². The van der Waals surface area contributed by atoms with Gasteiger partial charge in [0.05, 0.1) is 6.10 Å². The van der Waals surface area contributed by atoms with Gasteiger partial charge in [-0.3, -0.25) is 0 Å². The SMILES string of the molecule is CCCCC(CC)CC(O)C1CC1c1ccccc1. The monoisotopic (exact) mass is 260 g/mol. The predicted octanol–water partition coefficient (Wildman–Crippen LogP) is 4.76. The summed E-state index contributed by atoms with van der Waals surface area (Å²) in [6.45, 7) is 4.50. The van der Waals surface area contributed by atoms with E-state index in [1.165, 1.54) is 37.7 Å². The van der Waals surface area contributed by atoms with E-state index in [1.807, 2.05) is 0 Å². The molecule has 2 rings (SSSR count). The van der Waals surface area contributed by atoms with Gasteiger partial charge >= 0.3 is 0 Å². The lowest BCUT2D eigenvalue weighted by molar-refractivity contribution is 0.114. The van der Waals surface area contributed by atoms with E-state index in [0.29, 0.717) is 17.8 Å². The first-order chi connectivity index (χ1) is 9.26. The van der Waals surface area contributed by atoms with Crippen LogP contribution in [0.2, 0.25) is 0 Å². The third-order valence-electron chi connectivity index (χ3n) is 4.68. The summed E-state index contributed by atoms with van der Waals surface area (Å²) >= 11 is 0. The minimum atomic E-state index is -0.0907. The van der Waals surface area contributed by atoms with Crippen LogP contribution in [0.25, 0.3) is 0 Å². The van der Waals surface area contributed by atoms with Gasteiger partial charge in [-0.25, -0.2) is 0 Å². The summed E-state index contributed by atoms with van der Waals surface area (Å²) in [7, 11) is 0. The molecule has 1 aliphatic rings. The summed E-state index contributed by atoms with van der Waals surface area (Å²) in [5.74, 6) is 1.84. The lowest BCUT2D eigenvalue weighted by atomic mass is 9.91. The average Bonchev–Trinajstić information content (AvgIpc) is 3.24. The number of rotatable bonds is 8.